The first-order valence-corrected chi connectivity index (χ1v) is 17.3. The zero-order chi connectivity index (χ0) is 32.6. The fourth-order valence-corrected chi connectivity index (χ4v) is 7.77. The molecule has 9 aromatic rings. The van der Waals surface area contributed by atoms with Crippen molar-refractivity contribution >= 4 is 31.6 Å². The molecule has 0 bridgehead atoms. The molecule has 0 amide bonds. The molecule has 9 rings (SSSR count). The molecule has 0 N–H and O–H groups in total. The van der Waals surface area contributed by atoms with Crippen molar-refractivity contribution in [1.29, 1.82) is 0 Å². The monoisotopic (exact) mass is 642 g/mol. The van der Waals surface area contributed by atoms with Crippen molar-refractivity contribution in [2.75, 3.05) is 0 Å². The molecule has 0 aliphatic rings. The van der Waals surface area contributed by atoms with E-state index in [2.05, 4.69) is 164 Å². The number of rotatable bonds is 6. The van der Waals surface area contributed by atoms with Crippen molar-refractivity contribution in [3.63, 3.8) is 0 Å². The highest BCUT2D eigenvalue weighted by atomic mass is 32.1. The quantitative estimate of drug-likeness (QED) is 0.180. The van der Waals surface area contributed by atoms with E-state index < -0.39 is 0 Å². The second kappa shape index (κ2) is 12.5. The van der Waals surface area contributed by atoms with Gasteiger partial charge in [-0.05, 0) is 80.9 Å². The SMILES string of the molecule is c1ccc(-c2cc(-c3ccccc3)cc(-c3cccc(-c4cccc(-c5nc(-c6ccccc6)nc6c5sc5ccccc56)c4)c3)c2)cc1. The van der Waals surface area contributed by atoms with Crippen molar-refractivity contribution < 1.29 is 0 Å². The lowest BCUT2D eigenvalue weighted by molar-refractivity contribution is 1.24. The van der Waals surface area contributed by atoms with Crippen molar-refractivity contribution in [3.05, 3.63) is 182 Å². The lowest BCUT2D eigenvalue weighted by Gasteiger charge is -2.13. The van der Waals surface area contributed by atoms with Gasteiger partial charge in [-0.2, -0.15) is 0 Å². The number of hydrogen-bond donors (Lipinski definition) is 0. The molecule has 7 aromatic carbocycles. The lowest BCUT2D eigenvalue weighted by atomic mass is 9.92. The van der Waals surface area contributed by atoms with E-state index in [4.69, 9.17) is 9.97 Å². The summed E-state index contributed by atoms with van der Waals surface area (Å²) in [4.78, 5) is 10.3. The van der Waals surface area contributed by atoms with Crippen LogP contribution in [0, 0.1) is 0 Å². The van der Waals surface area contributed by atoms with Crippen LogP contribution in [0.2, 0.25) is 0 Å². The molecule has 49 heavy (non-hydrogen) atoms. The normalized spacial score (nSPS) is 11.3. The van der Waals surface area contributed by atoms with E-state index in [0.29, 0.717) is 0 Å². The molecule has 230 valence electrons. The Morgan fingerprint density at radius 2 is 0.755 bits per heavy atom. The minimum absolute atomic E-state index is 0.742. The Morgan fingerprint density at radius 1 is 0.327 bits per heavy atom. The van der Waals surface area contributed by atoms with E-state index in [-0.39, 0.29) is 0 Å². The maximum absolute atomic E-state index is 5.21. The van der Waals surface area contributed by atoms with Gasteiger partial charge in [-0.25, -0.2) is 9.97 Å². The number of aromatic nitrogens is 2. The molecule has 2 heterocycles. The Morgan fingerprint density at radius 3 is 1.37 bits per heavy atom. The molecule has 0 spiro atoms. The van der Waals surface area contributed by atoms with Gasteiger partial charge >= 0.3 is 0 Å². The first-order chi connectivity index (χ1) is 24.3. The molecule has 0 radical (unpaired) electrons. The third kappa shape index (κ3) is 5.61. The van der Waals surface area contributed by atoms with Crippen LogP contribution in [0.5, 0.6) is 0 Å². The van der Waals surface area contributed by atoms with Crippen LogP contribution < -0.4 is 0 Å². The Hall–Kier alpha value is -6.16. The molecule has 2 aromatic heterocycles. The van der Waals surface area contributed by atoms with Crippen molar-refractivity contribution in [2.45, 2.75) is 0 Å². The fraction of sp³-hybridized carbons (Fsp3) is 0. The second-order valence-electron chi connectivity index (χ2n) is 12.2. The topological polar surface area (TPSA) is 25.8 Å². The highest BCUT2D eigenvalue weighted by Gasteiger charge is 2.17. The fourth-order valence-electron chi connectivity index (χ4n) is 6.62. The molecular formula is C46H30N2S. The average molecular weight is 643 g/mol. The van der Waals surface area contributed by atoms with Gasteiger partial charge in [0, 0.05) is 21.2 Å². The van der Waals surface area contributed by atoms with Crippen LogP contribution in [0.3, 0.4) is 0 Å². The summed E-state index contributed by atoms with van der Waals surface area (Å²) in [5.74, 6) is 0.742. The van der Waals surface area contributed by atoms with Crippen molar-refractivity contribution in [3.8, 4) is 67.2 Å². The van der Waals surface area contributed by atoms with Gasteiger partial charge in [-0.3, -0.25) is 0 Å². The van der Waals surface area contributed by atoms with Crippen LogP contribution in [-0.4, -0.2) is 9.97 Å². The average Bonchev–Trinajstić information content (AvgIpc) is 3.57. The lowest BCUT2D eigenvalue weighted by Crippen LogP contribution is -1.93. The van der Waals surface area contributed by atoms with E-state index in [0.717, 1.165) is 44.0 Å². The summed E-state index contributed by atoms with van der Waals surface area (Å²) in [7, 11) is 0. The van der Waals surface area contributed by atoms with E-state index in [1.807, 2.05) is 18.2 Å². The maximum atomic E-state index is 5.21. The molecule has 0 aliphatic heterocycles. The summed E-state index contributed by atoms with van der Waals surface area (Å²) in [6, 6.07) is 64.6. The van der Waals surface area contributed by atoms with E-state index in [9.17, 15) is 0 Å². The number of thiophene rings is 1. The zero-order valence-electron chi connectivity index (χ0n) is 26.6. The summed E-state index contributed by atoms with van der Waals surface area (Å²) in [6.07, 6.45) is 0. The summed E-state index contributed by atoms with van der Waals surface area (Å²) >= 11 is 1.76. The van der Waals surface area contributed by atoms with Gasteiger partial charge < -0.3 is 0 Å². The summed E-state index contributed by atoms with van der Waals surface area (Å²) < 4.78 is 2.33. The van der Waals surface area contributed by atoms with Gasteiger partial charge in [0.25, 0.3) is 0 Å². The molecule has 3 heteroatoms. The number of nitrogens with zero attached hydrogens (tertiary/aromatic N) is 2. The van der Waals surface area contributed by atoms with Gasteiger partial charge in [-0.15, -0.1) is 11.3 Å². The molecule has 0 saturated carbocycles. The smallest absolute Gasteiger partial charge is 0.160 e. The molecular weight excluding hydrogens is 613 g/mol. The van der Waals surface area contributed by atoms with Crippen LogP contribution >= 0.6 is 11.3 Å². The summed E-state index contributed by atoms with van der Waals surface area (Å²) in [5.41, 5.74) is 13.6. The van der Waals surface area contributed by atoms with Crippen molar-refractivity contribution in [1.82, 2.24) is 9.97 Å². The Kier molecular flexibility index (Phi) is 7.38. The Balaban J connectivity index is 1.17. The molecule has 0 unspecified atom stereocenters. The van der Waals surface area contributed by atoms with E-state index >= 15 is 0 Å². The van der Waals surface area contributed by atoms with Gasteiger partial charge in [0.05, 0.1) is 15.9 Å². The summed E-state index contributed by atoms with van der Waals surface area (Å²) in [5, 5.41) is 1.17. The van der Waals surface area contributed by atoms with Crippen LogP contribution in [0.1, 0.15) is 0 Å². The van der Waals surface area contributed by atoms with Gasteiger partial charge in [-0.1, -0.05) is 146 Å². The molecule has 0 aliphatic carbocycles. The third-order valence-electron chi connectivity index (χ3n) is 9.06. The van der Waals surface area contributed by atoms with Gasteiger partial charge in [0.2, 0.25) is 0 Å². The largest absolute Gasteiger partial charge is 0.226 e. The second-order valence-corrected chi connectivity index (χ2v) is 13.3. The zero-order valence-corrected chi connectivity index (χ0v) is 27.4. The molecule has 0 fully saturated rings. The van der Waals surface area contributed by atoms with Crippen LogP contribution in [0.15, 0.2) is 182 Å². The molecule has 0 atom stereocenters. The number of benzene rings is 7. The predicted molar refractivity (Wildman–Crippen MR) is 208 cm³/mol. The first-order valence-electron chi connectivity index (χ1n) is 16.5. The van der Waals surface area contributed by atoms with E-state index in [1.165, 1.54) is 43.5 Å². The molecule has 2 nitrogen and oxygen atoms in total. The van der Waals surface area contributed by atoms with Crippen LogP contribution in [-0.2, 0) is 0 Å². The van der Waals surface area contributed by atoms with Crippen molar-refractivity contribution in [2.24, 2.45) is 0 Å². The predicted octanol–water partition coefficient (Wildman–Crippen LogP) is 12.8. The van der Waals surface area contributed by atoms with Crippen LogP contribution in [0.4, 0.5) is 0 Å². The van der Waals surface area contributed by atoms with Gasteiger partial charge in [0.1, 0.15) is 0 Å². The third-order valence-corrected chi connectivity index (χ3v) is 10.2. The summed E-state index contributed by atoms with van der Waals surface area (Å²) in [6.45, 7) is 0. The van der Waals surface area contributed by atoms with E-state index in [1.54, 1.807) is 11.3 Å². The maximum Gasteiger partial charge on any atom is 0.160 e. The highest BCUT2D eigenvalue weighted by Crippen LogP contribution is 2.40. The standard InChI is InChI=1S/C46H30N2S/c1-4-14-31(15-5-1)38-28-39(32-16-6-2-7-17-32)30-40(29-38)36-22-12-20-34(26-36)35-21-13-23-37(27-35)43-45-44(41-24-10-11-25-42(41)49-45)48-46(47-43)33-18-8-3-9-19-33/h1-30H. The van der Waals surface area contributed by atoms with Gasteiger partial charge in [0.15, 0.2) is 5.82 Å². The van der Waals surface area contributed by atoms with Crippen LogP contribution in [0.25, 0.3) is 87.5 Å². The number of fused-ring (bicyclic) bond motifs is 3. The first kappa shape index (κ1) is 29.0. The Bertz CT molecular complexity index is 2530. The highest BCUT2D eigenvalue weighted by molar-refractivity contribution is 7.26. The molecule has 0 saturated heterocycles. The number of hydrogen-bond acceptors (Lipinski definition) is 3. The minimum Gasteiger partial charge on any atom is -0.226 e. The Labute approximate surface area is 289 Å². The minimum atomic E-state index is 0.742.